The minimum atomic E-state index is -0.978. The van der Waals surface area contributed by atoms with Gasteiger partial charge in [0.25, 0.3) is 0 Å². The van der Waals surface area contributed by atoms with Gasteiger partial charge >= 0.3 is 0 Å². The minimum Gasteiger partial charge on any atom is -0.496 e. The maximum Gasteiger partial charge on any atom is 0.123 e. The Morgan fingerprint density at radius 2 is 1.84 bits per heavy atom. The molecule has 0 aliphatic carbocycles. The average Bonchev–Trinajstić information content (AvgIpc) is 2.40. The summed E-state index contributed by atoms with van der Waals surface area (Å²) in [6.07, 6.45) is 0. The second-order valence-electron chi connectivity index (χ2n) is 4.29. The van der Waals surface area contributed by atoms with Crippen LogP contribution in [0.4, 0.5) is 5.69 Å². The highest BCUT2D eigenvalue weighted by Gasteiger charge is 2.08. The van der Waals surface area contributed by atoms with Crippen LogP contribution in [0.25, 0.3) is 0 Å². The van der Waals surface area contributed by atoms with E-state index in [-0.39, 0.29) is 0 Å². The van der Waals surface area contributed by atoms with Gasteiger partial charge in [-0.1, -0.05) is 30.3 Å². The van der Waals surface area contributed by atoms with Crippen molar-refractivity contribution in [3.8, 4) is 5.75 Å². The van der Waals surface area contributed by atoms with E-state index in [0.717, 1.165) is 16.9 Å². The Kier molecular flexibility index (Phi) is 4.58. The highest BCUT2D eigenvalue weighted by atomic mass is 32.2. The third-order valence-electron chi connectivity index (χ3n) is 2.79. The molecule has 4 heteroatoms. The monoisotopic (exact) mass is 275 g/mol. The zero-order valence-corrected chi connectivity index (χ0v) is 11.7. The predicted octanol–water partition coefficient (Wildman–Crippen LogP) is 2.73. The third-order valence-corrected chi connectivity index (χ3v) is 4.08. The van der Waals surface area contributed by atoms with Gasteiger partial charge in [-0.05, 0) is 23.8 Å². The van der Waals surface area contributed by atoms with Gasteiger partial charge in [-0.2, -0.15) is 0 Å². The van der Waals surface area contributed by atoms with Crippen molar-refractivity contribution in [2.45, 2.75) is 11.5 Å². The van der Waals surface area contributed by atoms with Crippen LogP contribution in [-0.4, -0.2) is 11.3 Å². The van der Waals surface area contributed by atoms with E-state index in [9.17, 15) is 4.21 Å². The fourth-order valence-electron chi connectivity index (χ4n) is 1.90. The van der Waals surface area contributed by atoms with Crippen LogP contribution in [0.15, 0.2) is 48.5 Å². The van der Waals surface area contributed by atoms with Gasteiger partial charge in [0.2, 0.25) is 0 Å². The van der Waals surface area contributed by atoms with Gasteiger partial charge in [0.15, 0.2) is 0 Å². The van der Waals surface area contributed by atoms with E-state index in [2.05, 4.69) is 0 Å². The molecule has 0 fully saturated rings. The standard InChI is InChI=1S/C15H17NO2S/c1-18-15-8-7-14(16)9-13(15)11-19(17)10-12-5-3-2-4-6-12/h2-9H,10-11,16H2,1H3. The molecule has 0 aliphatic rings. The quantitative estimate of drug-likeness (QED) is 0.854. The molecule has 0 heterocycles. The highest BCUT2D eigenvalue weighted by Crippen LogP contribution is 2.23. The fraction of sp³-hybridized carbons (Fsp3) is 0.200. The maximum atomic E-state index is 12.2. The SMILES string of the molecule is COc1ccc(N)cc1CS(=O)Cc1ccccc1. The molecule has 1 atom stereocenters. The van der Waals surface area contributed by atoms with Crippen molar-refractivity contribution in [1.29, 1.82) is 0 Å². The normalized spacial score (nSPS) is 12.1. The summed E-state index contributed by atoms with van der Waals surface area (Å²) in [6, 6.07) is 15.2. The maximum absolute atomic E-state index is 12.2. The molecule has 1 unspecified atom stereocenters. The summed E-state index contributed by atoms with van der Waals surface area (Å²) in [4.78, 5) is 0. The molecule has 0 radical (unpaired) electrons. The van der Waals surface area contributed by atoms with Crippen LogP contribution >= 0.6 is 0 Å². The molecule has 0 saturated carbocycles. The Labute approximate surface area is 115 Å². The van der Waals surface area contributed by atoms with Crippen molar-refractivity contribution >= 4 is 16.5 Å². The van der Waals surface area contributed by atoms with Gasteiger partial charge in [0.05, 0.1) is 12.9 Å². The first kappa shape index (κ1) is 13.6. The summed E-state index contributed by atoms with van der Waals surface area (Å²) in [7, 11) is 0.629. The zero-order chi connectivity index (χ0) is 13.7. The van der Waals surface area contributed by atoms with Crippen molar-refractivity contribution in [3.05, 3.63) is 59.7 Å². The Morgan fingerprint density at radius 1 is 1.11 bits per heavy atom. The second kappa shape index (κ2) is 6.38. The Balaban J connectivity index is 2.09. The van der Waals surface area contributed by atoms with Crippen LogP contribution in [-0.2, 0) is 22.3 Å². The largest absolute Gasteiger partial charge is 0.496 e. The van der Waals surface area contributed by atoms with E-state index >= 15 is 0 Å². The molecule has 19 heavy (non-hydrogen) atoms. The number of nitrogens with two attached hydrogens (primary N) is 1. The molecule has 0 spiro atoms. The number of rotatable bonds is 5. The molecule has 2 N–H and O–H groups in total. The van der Waals surface area contributed by atoms with E-state index in [1.54, 1.807) is 13.2 Å². The molecule has 2 aromatic carbocycles. The van der Waals surface area contributed by atoms with Crippen LogP contribution in [0.1, 0.15) is 11.1 Å². The van der Waals surface area contributed by atoms with Gasteiger partial charge in [0.1, 0.15) is 5.75 Å². The number of hydrogen-bond donors (Lipinski definition) is 1. The number of ether oxygens (including phenoxy) is 1. The van der Waals surface area contributed by atoms with Crippen LogP contribution < -0.4 is 10.5 Å². The number of nitrogen functional groups attached to an aromatic ring is 1. The van der Waals surface area contributed by atoms with Crippen molar-refractivity contribution in [2.24, 2.45) is 0 Å². The summed E-state index contributed by atoms with van der Waals surface area (Å²) < 4.78 is 17.4. The van der Waals surface area contributed by atoms with E-state index in [4.69, 9.17) is 10.5 Å². The first-order chi connectivity index (χ1) is 9.19. The van der Waals surface area contributed by atoms with Crippen molar-refractivity contribution in [3.63, 3.8) is 0 Å². The van der Waals surface area contributed by atoms with E-state index < -0.39 is 10.8 Å². The number of benzene rings is 2. The first-order valence-electron chi connectivity index (χ1n) is 6.00. The molecule has 0 amide bonds. The van der Waals surface area contributed by atoms with Gasteiger partial charge in [-0.3, -0.25) is 4.21 Å². The molecule has 100 valence electrons. The van der Waals surface area contributed by atoms with Gasteiger partial charge < -0.3 is 10.5 Å². The van der Waals surface area contributed by atoms with Crippen LogP contribution in [0.2, 0.25) is 0 Å². The number of methoxy groups -OCH3 is 1. The molecular formula is C15H17NO2S. The van der Waals surface area contributed by atoms with Gasteiger partial charge in [0, 0.05) is 27.8 Å². The molecule has 3 nitrogen and oxygen atoms in total. The van der Waals surface area contributed by atoms with Crippen LogP contribution in [0, 0.1) is 0 Å². The van der Waals surface area contributed by atoms with E-state index in [1.165, 1.54) is 0 Å². The van der Waals surface area contributed by atoms with E-state index in [0.29, 0.717) is 17.2 Å². The Morgan fingerprint density at radius 3 is 2.53 bits per heavy atom. The second-order valence-corrected chi connectivity index (χ2v) is 5.74. The Hall–Kier alpha value is -1.81. The lowest BCUT2D eigenvalue weighted by Crippen LogP contribution is -2.02. The summed E-state index contributed by atoms with van der Waals surface area (Å²) in [5.74, 6) is 1.72. The summed E-state index contributed by atoms with van der Waals surface area (Å²) in [5, 5.41) is 0. The highest BCUT2D eigenvalue weighted by molar-refractivity contribution is 7.83. The van der Waals surface area contributed by atoms with Gasteiger partial charge in [-0.25, -0.2) is 0 Å². The Bertz CT molecular complexity index is 570. The first-order valence-corrected chi connectivity index (χ1v) is 7.49. The lowest BCUT2D eigenvalue weighted by atomic mass is 10.2. The zero-order valence-electron chi connectivity index (χ0n) is 10.8. The van der Waals surface area contributed by atoms with E-state index in [1.807, 2.05) is 42.5 Å². The summed E-state index contributed by atoms with van der Waals surface area (Å²) in [5.41, 5.74) is 8.37. The molecule has 0 bridgehead atoms. The molecule has 0 saturated heterocycles. The lowest BCUT2D eigenvalue weighted by Gasteiger charge is -2.09. The predicted molar refractivity (Wildman–Crippen MR) is 79.4 cm³/mol. The summed E-state index contributed by atoms with van der Waals surface area (Å²) in [6.45, 7) is 0. The molecule has 2 aromatic rings. The van der Waals surface area contributed by atoms with Crippen molar-refractivity contribution in [2.75, 3.05) is 12.8 Å². The lowest BCUT2D eigenvalue weighted by molar-refractivity contribution is 0.411. The smallest absolute Gasteiger partial charge is 0.123 e. The van der Waals surface area contributed by atoms with Crippen LogP contribution in [0.5, 0.6) is 5.75 Å². The van der Waals surface area contributed by atoms with Crippen molar-refractivity contribution in [1.82, 2.24) is 0 Å². The average molecular weight is 275 g/mol. The van der Waals surface area contributed by atoms with Crippen LogP contribution in [0.3, 0.4) is 0 Å². The minimum absolute atomic E-state index is 0.448. The topological polar surface area (TPSA) is 52.3 Å². The number of anilines is 1. The fourth-order valence-corrected chi connectivity index (χ4v) is 3.13. The third kappa shape index (κ3) is 3.83. The number of hydrogen-bond acceptors (Lipinski definition) is 3. The van der Waals surface area contributed by atoms with Crippen molar-refractivity contribution < 1.29 is 8.95 Å². The molecule has 0 aromatic heterocycles. The molecular weight excluding hydrogens is 258 g/mol. The molecule has 0 aliphatic heterocycles. The summed E-state index contributed by atoms with van der Waals surface area (Å²) >= 11 is 0. The van der Waals surface area contributed by atoms with Gasteiger partial charge in [-0.15, -0.1) is 0 Å². The molecule has 2 rings (SSSR count).